The van der Waals surface area contributed by atoms with Crippen LogP contribution in [0.3, 0.4) is 0 Å². The number of ether oxygens (including phenoxy) is 1. The van der Waals surface area contributed by atoms with Crippen LogP contribution in [0.2, 0.25) is 0 Å². The molecule has 1 aliphatic heterocycles. The Morgan fingerprint density at radius 3 is 2.63 bits per heavy atom. The van der Waals surface area contributed by atoms with Crippen LogP contribution < -0.4 is 0 Å². The number of piperidine rings is 1. The monoisotopic (exact) mass is 488 g/mol. The molecule has 156 valence electrons. The number of carbonyl (C=O) groups excluding carboxylic acids is 2. The van der Waals surface area contributed by atoms with E-state index >= 15 is 0 Å². The van der Waals surface area contributed by atoms with Crippen molar-refractivity contribution in [2.75, 3.05) is 13.1 Å². The fourth-order valence-electron chi connectivity index (χ4n) is 3.42. The van der Waals surface area contributed by atoms with Crippen molar-refractivity contribution in [3.63, 3.8) is 0 Å². The van der Waals surface area contributed by atoms with Crippen LogP contribution in [0.4, 0.5) is 0 Å². The summed E-state index contributed by atoms with van der Waals surface area (Å²) in [7, 11) is 0. The van der Waals surface area contributed by atoms with Gasteiger partial charge in [-0.05, 0) is 55.5 Å². The Balaban J connectivity index is 1.29. The highest BCUT2D eigenvalue weighted by atomic mass is 79.9. The predicted octanol–water partition coefficient (Wildman–Crippen LogP) is 5.07. The largest absolute Gasteiger partial charge is 0.459 e. The van der Waals surface area contributed by atoms with Crippen molar-refractivity contribution in [1.82, 2.24) is 9.88 Å². The molecule has 0 aliphatic carbocycles. The van der Waals surface area contributed by atoms with Crippen LogP contribution in [-0.2, 0) is 16.1 Å². The van der Waals surface area contributed by atoms with E-state index in [0.717, 1.165) is 9.35 Å². The van der Waals surface area contributed by atoms with Gasteiger partial charge in [-0.2, -0.15) is 0 Å². The van der Waals surface area contributed by atoms with Crippen LogP contribution in [0.5, 0.6) is 0 Å². The summed E-state index contributed by atoms with van der Waals surface area (Å²) < 4.78 is 12.1. The van der Waals surface area contributed by atoms with E-state index in [0.29, 0.717) is 48.8 Å². The molecule has 0 saturated carbocycles. The van der Waals surface area contributed by atoms with Crippen molar-refractivity contribution in [3.05, 3.63) is 63.3 Å². The Kier molecular flexibility index (Phi) is 6.34. The van der Waals surface area contributed by atoms with Gasteiger partial charge in [-0.3, -0.25) is 9.59 Å². The minimum Gasteiger partial charge on any atom is -0.459 e. The molecular formula is C22H21BrN2O4S. The third-order valence-electron chi connectivity index (χ3n) is 5.18. The van der Waals surface area contributed by atoms with Crippen LogP contribution in [0.25, 0.3) is 10.8 Å². The van der Waals surface area contributed by atoms with Crippen LogP contribution in [0, 0.1) is 12.8 Å². The maximum Gasteiger partial charge on any atom is 0.309 e. The summed E-state index contributed by atoms with van der Waals surface area (Å²) in [6.07, 6.45) is 1.19. The molecule has 0 N–H and O–H groups in total. The molecule has 6 nitrogen and oxygen atoms in total. The fourth-order valence-corrected chi connectivity index (χ4v) is 4.33. The topological polar surface area (TPSA) is 72.6 Å². The molecule has 1 aliphatic rings. The Morgan fingerprint density at radius 2 is 1.97 bits per heavy atom. The molecule has 0 radical (unpaired) electrons. The lowest BCUT2D eigenvalue weighted by Crippen LogP contribution is -2.40. The summed E-state index contributed by atoms with van der Waals surface area (Å²) in [6.45, 7) is 3.00. The maximum absolute atomic E-state index is 12.6. The van der Waals surface area contributed by atoms with Crippen LogP contribution in [-0.4, -0.2) is 34.8 Å². The second kappa shape index (κ2) is 9.14. The average molecular weight is 489 g/mol. The summed E-state index contributed by atoms with van der Waals surface area (Å²) in [4.78, 5) is 32.3. The molecule has 0 unspecified atom stereocenters. The Hall–Kier alpha value is -2.45. The normalized spacial score (nSPS) is 14.7. The molecule has 8 heteroatoms. The van der Waals surface area contributed by atoms with Gasteiger partial charge in [-0.25, -0.2) is 4.98 Å². The van der Waals surface area contributed by atoms with Crippen LogP contribution in [0.15, 0.2) is 50.7 Å². The van der Waals surface area contributed by atoms with Gasteiger partial charge in [0.25, 0.3) is 5.91 Å². The van der Waals surface area contributed by atoms with Gasteiger partial charge in [0.1, 0.15) is 18.1 Å². The molecule has 0 spiro atoms. The fraction of sp³-hybridized carbons (Fsp3) is 0.318. The number of nitrogens with zero attached hydrogens (tertiary/aromatic N) is 2. The van der Waals surface area contributed by atoms with E-state index in [2.05, 4.69) is 20.9 Å². The quantitative estimate of drug-likeness (QED) is 0.468. The lowest BCUT2D eigenvalue weighted by atomic mass is 9.96. The number of hydrogen-bond acceptors (Lipinski definition) is 6. The molecule has 3 aromatic rings. The van der Waals surface area contributed by atoms with Crippen molar-refractivity contribution in [1.29, 1.82) is 0 Å². The zero-order valence-corrected chi connectivity index (χ0v) is 18.9. The number of benzene rings is 1. The molecule has 4 rings (SSSR count). The first-order chi connectivity index (χ1) is 14.5. The number of likely N-dealkylation sites (tertiary alicyclic amines) is 1. The summed E-state index contributed by atoms with van der Waals surface area (Å²) >= 11 is 4.92. The van der Waals surface area contributed by atoms with Crippen LogP contribution in [0.1, 0.15) is 34.7 Å². The molecule has 30 heavy (non-hydrogen) atoms. The minimum atomic E-state index is -0.245. The first-order valence-electron chi connectivity index (χ1n) is 9.73. The third-order valence-corrected chi connectivity index (χ3v) is 6.57. The zero-order chi connectivity index (χ0) is 21.1. The maximum atomic E-state index is 12.6. The van der Waals surface area contributed by atoms with Gasteiger partial charge >= 0.3 is 5.97 Å². The third kappa shape index (κ3) is 4.65. The number of carbonyl (C=O) groups is 2. The molecule has 0 atom stereocenters. The predicted molar refractivity (Wildman–Crippen MR) is 117 cm³/mol. The highest BCUT2D eigenvalue weighted by molar-refractivity contribution is 9.10. The van der Waals surface area contributed by atoms with Crippen molar-refractivity contribution < 1.29 is 18.7 Å². The lowest BCUT2D eigenvalue weighted by Gasteiger charge is -2.31. The van der Waals surface area contributed by atoms with Crippen molar-refractivity contribution >= 4 is 39.1 Å². The first kappa shape index (κ1) is 20.8. The van der Waals surface area contributed by atoms with Gasteiger partial charge < -0.3 is 14.1 Å². The Morgan fingerprint density at radius 1 is 1.23 bits per heavy atom. The summed E-state index contributed by atoms with van der Waals surface area (Å²) in [5.74, 6) is 0.747. The second-order valence-corrected chi connectivity index (χ2v) is 9.04. The van der Waals surface area contributed by atoms with E-state index in [1.165, 1.54) is 0 Å². The number of aromatic nitrogens is 1. The summed E-state index contributed by atoms with van der Waals surface area (Å²) in [6, 6.07) is 11.2. The van der Waals surface area contributed by atoms with E-state index < -0.39 is 0 Å². The minimum absolute atomic E-state index is 0.00588. The highest BCUT2D eigenvalue weighted by Crippen LogP contribution is 2.27. The number of hydrogen-bond donors (Lipinski definition) is 0. The van der Waals surface area contributed by atoms with Gasteiger partial charge in [-0.15, -0.1) is 11.3 Å². The first-order valence-corrected chi connectivity index (χ1v) is 11.4. The van der Waals surface area contributed by atoms with Crippen molar-refractivity contribution in [2.24, 2.45) is 5.92 Å². The zero-order valence-electron chi connectivity index (χ0n) is 16.5. The number of aryl methyl sites for hydroxylation is 1. The second-order valence-electron chi connectivity index (χ2n) is 7.18. The molecule has 0 bridgehead atoms. The Labute approximate surface area is 187 Å². The lowest BCUT2D eigenvalue weighted by molar-refractivity contribution is -0.151. The van der Waals surface area contributed by atoms with E-state index in [-0.39, 0.29) is 24.4 Å². The van der Waals surface area contributed by atoms with Crippen LogP contribution >= 0.6 is 27.3 Å². The van der Waals surface area contributed by atoms with Gasteiger partial charge in [-0.1, -0.05) is 22.0 Å². The number of thiophene rings is 1. The number of halogens is 1. The van der Waals surface area contributed by atoms with Crippen molar-refractivity contribution in [2.45, 2.75) is 26.4 Å². The molecule has 1 aromatic carbocycles. The van der Waals surface area contributed by atoms with Gasteiger partial charge in [0, 0.05) is 23.1 Å². The van der Waals surface area contributed by atoms with E-state index in [4.69, 9.17) is 9.15 Å². The standard InChI is InChI=1S/C22H21BrN2O4S/c1-14-18(24-20(29-14)19-3-2-12-30-19)13-28-22(27)16-8-10-25(11-9-16)21(26)15-4-6-17(23)7-5-15/h2-7,12,16H,8-11,13H2,1H3. The number of amides is 1. The number of oxazole rings is 1. The number of esters is 1. The van der Waals surface area contributed by atoms with E-state index in [1.54, 1.807) is 28.4 Å². The van der Waals surface area contributed by atoms with Gasteiger partial charge in [0.2, 0.25) is 5.89 Å². The highest BCUT2D eigenvalue weighted by Gasteiger charge is 2.29. The van der Waals surface area contributed by atoms with E-state index in [1.807, 2.05) is 36.6 Å². The van der Waals surface area contributed by atoms with Gasteiger partial charge in [0.05, 0.1) is 10.8 Å². The summed E-state index contributed by atoms with van der Waals surface area (Å²) in [5.41, 5.74) is 1.29. The SMILES string of the molecule is Cc1oc(-c2cccs2)nc1COC(=O)C1CCN(C(=O)c2ccc(Br)cc2)CC1. The number of rotatable bonds is 5. The van der Waals surface area contributed by atoms with Crippen molar-refractivity contribution in [3.8, 4) is 10.8 Å². The smallest absolute Gasteiger partial charge is 0.309 e. The summed E-state index contributed by atoms with van der Waals surface area (Å²) in [5, 5.41) is 1.96. The molecule has 1 fully saturated rings. The molecule has 1 amide bonds. The van der Waals surface area contributed by atoms with E-state index in [9.17, 15) is 9.59 Å². The average Bonchev–Trinajstić information content (AvgIpc) is 3.42. The molecule has 2 aromatic heterocycles. The molecule has 3 heterocycles. The molecule has 1 saturated heterocycles. The Bertz CT molecular complexity index is 1020. The molecular weight excluding hydrogens is 468 g/mol. The van der Waals surface area contributed by atoms with Gasteiger partial charge in [0.15, 0.2) is 0 Å².